The molecule has 0 radical (unpaired) electrons. The lowest BCUT2D eigenvalue weighted by Crippen LogP contribution is -2.49. The summed E-state index contributed by atoms with van der Waals surface area (Å²) in [6.45, 7) is 1.81. The summed E-state index contributed by atoms with van der Waals surface area (Å²) in [5.74, 6) is -0.311. The van der Waals surface area contributed by atoms with Gasteiger partial charge in [-0.15, -0.1) is 0 Å². The fourth-order valence-corrected chi connectivity index (χ4v) is 4.01. The summed E-state index contributed by atoms with van der Waals surface area (Å²) in [5.41, 5.74) is 0.246. The van der Waals surface area contributed by atoms with Gasteiger partial charge in [0, 0.05) is 50.4 Å². The molecule has 25 heavy (non-hydrogen) atoms. The number of piperidine rings is 1. The second kappa shape index (κ2) is 7.20. The molecule has 136 valence electrons. The molecule has 1 aromatic rings. The number of fused-ring (bicyclic) bond motifs is 4. The molecular weight excluding hydrogens is 345 g/mol. The van der Waals surface area contributed by atoms with Crippen LogP contribution in [0.5, 0.6) is 0 Å². The van der Waals surface area contributed by atoms with E-state index in [0.29, 0.717) is 19.6 Å². The lowest BCUT2D eigenvalue weighted by atomic mass is 9.94. The largest absolute Gasteiger partial charge is 0.337 e. The van der Waals surface area contributed by atoms with E-state index >= 15 is 0 Å². The standard InChI is InChI=1S/C18H23ClFN3O2/c1-21(2)18(25)22-9-12-6-7-13(11-22)23(10-12)17(24)8-14-15(19)4-3-5-16(14)20/h3-5,12-13H,6-11H2,1-2H3/t12-,13+/m1/s1. The molecule has 0 N–H and O–H groups in total. The molecule has 0 saturated carbocycles. The number of benzene rings is 1. The topological polar surface area (TPSA) is 43.9 Å². The number of rotatable bonds is 2. The normalized spacial score (nSPS) is 22.7. The van der Waals surface area contributed by atoms with Crippen LogP contribution in [0.15, 0.2) is 18.2 Å². The molecule has 3 heterocycles. The average molecular weight is 368 g/mol. The minimum Gasteiger partial charge on any atom is -0.337 e. The molecule has 0 unspecified atom stereocenters. The molecule has 3 saturated heterocycles. The van der Waals surface area contributed by atoms with E-state index in [-0.39, 0.29) is 40.9 Å². The van der Waals surface area contributed by atoms with Crippen LogP contribution in [0.2, 0.25) is 5.02 Å². The Labute approximate surface area is 152 Å². The molecule has 4 rings (SSSR count). The van der Waals surface area contributed by atoms with Gasteiger partial charge in [-0.1, -0.05) is 17.7 Å². The molecule has 2 atom stereocenters. The first-order valence-electron chi connectivity index (χ1n) is 8.55. The van der Waals surface area contributed by atoms with Crippen LogP contribution in [0.3, 0.4) is 0 Å². The van der Waals surface area contributed by atoms with Crippen LogP contribution < -0.4 is 0 Å². The van der Waals surface area contributed by atoms with E-state index in [1.165, 1.54) is 12.1 Å². The minimum atomic E-state index is -0.453. The number of nitrogens with zero attached hydrogens (tertiary/aromatic N) is 3. The van der Waals surface area contributed by atoms with E-state index in [1.54, 1.807) is 25.1 Å². The van der Waals surface area contributed by atoms with Crippen molar-refractivity contribution in [2.24, 2.45) is 5.92 Å². The first kappa shape index (κ1) is 18.0. The number of amides is 3. The van der Waals surface area contributed by atoms with Crippen LogP contribution in [-0.2, 0) is 11.2 Å². The van der Waals surface area contributed by atoms with Crippen LogP contribution >= 0.6 is 11.6 Å². The number of hydrogen-bond acceptors (Lipinski definition) is 2. The maximum Gasteiger partial charge on any atom is 0.319 e. The average Bonchev–Trinajstić information content (AvgIpc) is 2.89. The monoisotopic (exact) mass is 367 g/mol. The first-order valence-corrected chi connectivity index (χ1v) is 8.93. The van der Waals surface area contributed by atoms with Gasteiger partial charge >= 0.3 is 6.03 Å². The zero-order valence-electron chi connectivity index (χ0n) is 14.5. The minimum absolute atomic E-state index is 0.0132. The Kier molecular flexibility index (Phi) is 5.18. The van der Waals surface area contributed by atoms with Crippen LogP contribution in [0.4, 0.5) is 9.18 Å². The third-order valence-corrected chi connectivity index (χ3v) is 5.43. The quantitative estimate of drug-likeness (QED) is 0.806. The van der Waals surface area contributed by atoms with Gasteiger partial charge < -0.3 is 14.7 Å². The molecule has 3 aliphatic heterocycles. The Morgan fingerprint density at radius 3 is 2.68 bits per heavy atom. The van der Waals surface area contributed by atoms with E-state index in [1.807, 2.05) is 9.80 Å². The Balaban J connectivity index is 1.75. The number of carbonyl (C=O) groups excluding carboxylic acids is 2. The fourth-order valence-electron chi connectivity index (χ4n) is 3.78. The number of urea groups is 1. The van der Waals surface area contributed by atoms with E-state index in [9.17, 15) is 14.0 Å². The molecule has 0 aromatic heterocycles. The molecule has 3 aliphatic rings. The van der Waals surface area contributed by atoms with Gasteiger partial charge in [-0.3, -0.25) is 4.79 Å². The lowest BCUT2D eigenvalue weighted by molar-refractivity contribution is -0.134. The van der Waals surface area contributed by atoms with Gasteiger partial charge in [0.15, 0.2) is 0 Å². The van der Waals surface area contributed by atoms with Crippen LogP contribution in [-0.4, -0.2) is 66.4 Å². The highest BCUT2D eigenvalue weighted by molar-refractivity contribution is 6.31. The zero-order valence-corrected chi connectivity index (χ0v) is 15.3. The molecule has 2 bridgehead atoms. The van der Waals surface area contributed by atoms with E-state index in [2.05, 4.69) is 0 Å². The maximum atomic E-state index is 14.0. The number of halogens is 2. The molecule has 5 nitrogen and oxygen atoms in total. The Bertz CT molecular complexity index is 662. The molecule has 1 aromatic carbocycles. The van der Waals surface area contributed by atoms with Crippen molar-refractivity contribution in [1.82, 2.24) is 14.7 Å². The van der Waals surface area contributed by atoms with E-state index < -0.39 is 5.82 Å². The predicted molar refractivity (Wildman–Crippen MR) is 94.0 cm³/mol. The maximum absolute atomic E-state index is 14.0. The van der Waals surface area contributed by atoms with Gasteiger partial charge in [0.25, 0.3) is 0 Å². The van der Waals surface area contributed by atoms with Crippen molar-refractivity contribution in [2.75, 3.05) is 33.7 Å². The highest BCUT2D eigenvalue weighted by Gasteiger charge is 2.39. The highest BCUT2D eigenvalue weighted by Crippen LogP contribution is 2.30. The molecular formula is C18H23ClFN3O2. The lowest BCUT2D eigenvalue weighted by Gasteiger charge is -2.36. The third kappa shape index (κ3) is 3.73. The Morgan fingerprint density at radius 1 is 1.24 bits per heavy atom. The summed E-state index contributed by atoms with van der Waals surface area (Å²) >= 11 is 6.05. The molecule has 0 aliphatic carbocycles. The van der Waals surface area contributed by atoms with Crippen LogP contribution in [0.1, 0.15) is 18.4 Å². The summed E-state index contributed by atoms with van der Waals surface area (Å²) in [7, 11) is 3.47. The van der Waals surface area contributed by atoms with Gasteiger partial charge in [0.1, 0.15) is 5.82 Å². The summed E-state index contributed by atoms with van der Waals surface area (Å²) in [4.78, 5) is 30.3. The van der Waals surface area contributed by atoms with Crippen LogP contribution in [0, 0.1) is 11.7 Å². The van der Waals surface area contributed by atoms with Crippen molar-refractivity contribution in [3.63, 3.8) is 0 Å². The Hall–Kier alpha value is -1.82. The van der Waals surface area contributed by atoms with Gasteiger partial charge in [0.05, 0.1) is 6.42 Å². The van der Waals surface area contributed by atoms with Crippen molar-refractivity contribution in [1.29, 1.82) is 0 Å². The van der Waals surface area contributed by atoms with Gasteiger partial charge in [-0.25, -0.2) is 9.18 Å². The SMILES string of the molecule is CN(C)C(=O)N1C[C@H]2CC[C@@H](C1)N(C(=O)Cc1c(F)cccc1Cl)C2. The molecule has 3 fully saturated rings. The van der Waals surface area contributed by atoms with Crippen molar-refractivity contribution in [2.45, 2.75) is 25.3 Å². The highest BCUT2D eigenvalue weighted by atomic mass is 35.5. The fraction of sp³-hybridized carbons (Fsp3) is 0.556. The van der Waals surface area contributed by atoms with Crippen molar-refractivity contribution < 1.29 is 14.0 Å². The van der Waals surface area contributed by atoms with E-state index in [0.717, 1.165) is 12.8 Å². The molecule has 7 heteroatoms. The van der Waals surface area contributed by atoms with Crippen molar-refractivity contribution in [3.05, 3.63) is 34.6 Å². The van der Waals surface area contributed by atoms with Gasteiger partial charge in [-0.05, 0) is 30.9 Å². The zero-order chi connectivity index (χ0) is 18.1. The molecule has 3 amide bonds. The number of hydrogen-bond donors (Lipinski definition) is 0. The molecule has 0 spiro atoms. The van der Waals surface area contributed by atoms with Crippen LogP contribution in [0.25, 0.3) is 0 Å². The Morgan fingerprint density at radius 2 is 2.00 bits per heavy atom. The van der Waals surface area contributed by atoms with E-state index in [4.69, 9.17) is 11.6 Å². The number of carbonyl (C=O) groups is 2. The van der Waals surface area contributed by atoms with Gasteiger partial charge in [0.2, 0.25) is 5.91 Å². The second-order valence-electron chi connectivity index (χ2n) is 7.10. The summed E-state index contributed by atoms with van der Waals surface area (Å²) < 4.78 is 14.0. The first-order chi connectivity index (χ1) is 11.9. The second-order valence-corrected chi connectivity index (χ2v) is 7.51. The smallest absolute Gasteiger partial charge is 0.319 e. The predicted octanol–water partition coefficient (Wildman–Crippen LogP) is 2.63. The summed E-state index contributed by atoms with van der Waals surface area (Å²) in [6.07, 6.45) is 1.83. The summed E-state index contributed by atoms with van der Waals surface area (Å²) in [6, 6.07) is 4.41. The van der Waals surface area contributed by atoms with Crippen molar-refractivity contribution in [3.8, 4) is 0 Å². The van der Waals surface area contributed by atoms with Gasteiger partial charge in [-0.2, -0.15) is 0 Å². The van der Waals surface area contributed by atoms with Crippen molar-refractivity contribution >= 4 is 23.5 Å². The summed E-state index contributed by atoms with van der Waals surface area (Å²) in [5, 5.41) is 0.276. The third-order valence-electron chi connectivity index (χ3n) is 5.08.